The standard InChI is InChI=1S/C56H101NO3/c1-3-5-7-9-11-13-15-17-19-21-23-25-26-27-28-29-30-32-33-35-37-39-41-43-45-47-49-51-55(59)54(53-58)57-56(60)52-50-48-46-44-42-40-38-36-34-31-24-22-20-18-16-14-12-10-8-6-4-2/h6,8,12,14,18,20,24,31,36,38,42,44,54-55,58-59H,3-5,7,9-11,13,15-17,19,21-23,25-30,32-35,37,39-41,43,45-53H2,1-2H3,(H,57,60)/b8-6-,14-12-,20-18-,31-24-,38-36-,44-42-. The SMILES string of the molecule is CC/C=C\C/C=C\C/C=C\C/C=C\C/C=C\C/C=C\CCCCC(=O)NC(CO)C(O)CCCCCCCCCCCCCCCCCCCCCCCCCCCCC. The molecule has 2 atom stereocenters. The largest absolute Gasteiger partial charge is 0.394 e. The van der Waals surface area contributed by atoms with Gasteiger partial charge < -0.3 is 15.5 Å². The van der Waals surface area contributed by atoms with Gasteiger partial charge in [0.25, 0.3) is 0 Å². The maximum atomic E-state index is 12.4. The van der Waals surface area contributed by atoms with E-state index in [4.69, 9.17) is 0 Å². The van der Waals surface area contributed by atoms with E-state index in [-0.39, 0.29) is 12.5 Å². The second-order valence-electron chi connectivity index (χ2n) is 17.6. The van der Waals surface area contributed by atoms with Gasteiger partial charge in [0.2, 0.25) is 5.91 Å². The number of carbonyl (C=O) groups is 1. The number of unbranched alkanes of at least 4 members (excludes halogenated alkanes) is 28. The van der Waals surface area contributed by atoms with Gasteiger partial charge in [-0.25, -0.2) is 0 Å². The van der Waals surface area contributed by atoms with E-state index < -0.39 is 12.1 Å². The molecule has 0 fully saturated rings. The minimum absolute atomic E-state index is 0.0731. The van der Waals surface area contributed by atoms with Crippen molar-refractivity contribution in [2.45, 2.75) is 270 Å². The number of amides is 1. The van der Waals surface area contributed by atoms with Crippen LogP contribution in [-0.2, 0) is 4.79 Å². The van der Waals surface area contributed by atoms with Crippen LogP contribution in [0.15, 0.2) is 72.9 Å². The first kappa shape index (κ1) is 57.8. The van der Waals surface area contributed by atoms with E-state index >= 15 is 0 Å². The van der Waals surface area contributed by atoms with Crippen LogP contribution < -0.4 is 5.32 Å². The van der Waals surface area contributed by atoms with Gasteiger partial charge in [-0.15, -0.1) is 0 Å². The van der Waals surface area contributed by atoms with E-state index in [9.17, 15) is 15.0 Å². The summed E-state index contributed by atoms with van der Waals surface area (Å²) in [5.74, 6) is -0.0731. The number of allylic oxidation sites excluding steroid dienone is 12. The molecule has 0 heterocycles. The van der Waals surface area contributed by atoms with E-state index in [1.54, 1.807) is 0 Å². The maximum Gasteiger partial charge on any atom is 0.220 e. The molecule has 2 unspecified atom stereocenters. The number of carbonyl (C=O) groups excluding carboxylic acids is 1. The van der Waals surface area contributed by atoms with Gasteiger partial charge >= 0.3 is 0 Å². The Bertz CT molecular complexity index is 1040. The van der Waals surface area contributed by atoms with Crippen LogP contribution in [0.1, 0.15) is 258 Å². The highest BCUT2D eigenvalue weighted by molar-refractivity contribution is 5.76. The highest BCUT2D eigenvalue weighted by atomic mass is 16.3. The Kier molecular flexibility index (Phi) is 49.3. The monoisotopic (exact) mass is 836 g/mol. The molecule has 0 aliphatic heterocycles. The Morgan fingerprint density at radius 3 is 1.07 bits per heavy atom. The molecule has 0 bridgehead atoms. The zero-order valence-electron chi connectivity index (χ0n) is 40.0. The third kappa shape index (κ3) is 46.9. The van der Waals surface area contributed by atoms with Crippen molar-refractivity contribution in [2.75, 3.05) is 6.61 Å². The molecule has 0 aromatic heterocycles. The lowest BCUT2D eigenvalue weighted by molar-refractivity contribution is -0.123. The lowest BCUT2D eigenvalue weighted by atomic mass is 10.0. The van der Waals surface area contributed by atoms with Gasteiger partial charge in [-0.05, 0) is 64.2 Å². The van der Waals surface area contributed by atoms with Crippen molar-refractivity contribution in [1.29, 1.82) is 0 Å². The number of rotatable bonds is 47. The summed E-state index contributed by atoms with van der Waals surface area (Å²) < 4.78 is 0. The first-order valence-corrected chi connectivity index (χ1v) is 26.1. The predicted octanol–water partition coefficient (Wildman–Crippen LogP) is 17.0. The van der Waals surface area contributed by atoms with Crippen molar-refractivity contribution in [3.8, 4) is 0 Å². The summed E-state index contributed by atoms with van der Waals surface area (Å²) in [4.78, 5) is 12.4. The lowest BCUT2D eigenvalue weighted by Crippen LogP contribution is -2.45. The summed E-state index contributed by atoms with van der Waals surface area (Å²) in [6, 6.07) is -0.565. The molecule has 0 rings (SSSR count). The van der Waals surface area contributed by atoms with Gasteiger partial charge in [0, 0.05) is 6.42 Å². The third-order valence-electron chi connectivity index (χ3n) is 11.7. The van der Waals surface area contributed by atoms with E-state index in [0.29, 0.717) is 12.8 Å². The summed E-state index contributed by atoms with van der Waals surface area (Å²) in [6.07, 6.45) is 73.0. The van der Waals surface area contributed by atoms with Crippen molar-refractivity contribution in [3.63, 3.8) is 0 Å². The van der Waals surface area contributed by atoms with E-state index in [1.807, 2.05) is 0 Å². The van der Waals surface area contributed by atoms with Crippen LogP contribution in [-0.4, -0.2) is 34.9 Å². The summed E-state index contributed by atoms with van der Waals surface area (Å²) in [7, 11) is 0. The summed E-state index contributed by atoms with van der Waals surface area (Å²) in [6.45, 7) is 4.24. The topological polar surface area (TPSA) is 69.6 Å². The van der Waals surface area contributed by atoms with Crippen LogP contribution in [0.2, 0.25) is 0 Å². The number of aliphatic hydroxyl groups is 2. The molecule has 3 N–H and O–H groups in total. The molecule has 0 aromatic carbocycles. The molecule has 0 aliphatic carbocycles. The van der Waals surface area contributed by atoms with Crippen LogP contribution in [0, 0.1) is 0 Å². The average Bonchev–Trinajstić information content (AvgIpc) is 3.25. The number of aliphatic hydroxyl groups excluding tert-OH is 2. The molecule has 1 amide bonds. The molecule has 0 radical (unpaired) electrons. The molecule has 0 aromatic rings. The van der Waals surface area contributed by atoms with Gasteiger partial charge in [0.05, 0.1) is 18.8 Å². The Morgan fingerprint density at radius 1 is 0.417 bits per heavy atom. The van der Waals surface area contributed by atoms with Gasteiger partial charge in [-0.3, -0.25) is 4.79 Å². The first-order valence-electron chi connectivity index (χ1n) is 26.1. The van der Waals surface area contributed by atoms with Crippen LogP contribution in [0.4, 0.5) is 0 Å². The highest BCUT2D eigenvalue weighted by Crippen LogP contribution is 2.17. The average molecular weight is 836 g/mol. The molecule has 0 spiro atoms. The van der Waals surface area contributed by atoms with Gasteiger partial charge in [0.15, 0.2) is 0 Å². The fourth-order valence-electron chi connectivity index (χ4n) is 7.78. The fraction of sp³-hybridized carbons (Fsp3) is 0.768. The van der Waals surface area contributed by atoms with Crippen molar-refractivity contribution >= 4 is 5.91 Å². The van der Waals surface area contributed by atoms with Crippen molar-refractivity contribution < 1.29 is 15.0 Å². The third-order valence-corrected chi connectivity index (χ3v) is 11.7. The van der Waals surface area contributed by atoms with Gasteiger partial charge in [0.1, 0.15) is 0 Å². The van der Waals surface area contributed by atoms with E-state index in [0.717, 1.165) is 70.6 Å². The quantitative estimate of drug-likeness (QED) is 0.0422. The fourth-order valence-corrected chi connectivity index (χ4v) is 7.78. The van der Waals surface area contributed by atoms with Crippen LogP contribution in [0.3, 0.4) is 0 Å². The molecular weight excluding hydrogens is 735 g/mol. The molecule has 348 valence electrons. The molecule has 0 saturated carbocycles. The summed E-state index contributed by atoms with van der Waals surface area (Å²) in [5.41, 5.74) is 0. The minimum atomic E-state index is -0.683. The van der Waals surface area contributed by atoms with Gasteiger partial charge in [-0.1, -0.05) is 260 Å². The predicted molar refractivity (Wildman–Crippen MR) is 267 cm³/mol. The van der Waals surface area contributed by atoms with Crippen molar-refractivity contribution in [1.82, 2.24) is 5.32 Å². The summed E-state index contributed by atoms with van der Waals surface area (Å²) in [5, 5.41) is 23.3. The number of hydrogen-bond acceptors (Lipinski definition) is 3. The lowest BCUT2D eigenvalue weighted by Gasteiger charge is -2.22. The van der Waals surface area contributed by atoms with Crippen molar-refractivity contribution in [2.24, 2.45) is 0 Å². The van der Waals surface area contributed by atoms with Crippen molar-refractivity contribution in [3.05, 3.63) is 72.9 Å². The Balaban J connectivity index is 3.55. The van der Waals surface area contributed by atoms with Crippen LogP contribution in [0.5, 0.6) is 0 Å². The first-order chi connectivity index (χ1) is 29.7. The van der Waals surface area contributed by atoms with E-state index in [1.165, 1.54) is 161 Å². The molecule has 4 nitrogen and oxygen atoms in total. The minimum Gasteiger partial charge on any atom is -0.394 e. The Morgan fingerprint density at radius 2 is 0.733 bits per heavy atom. The van der Waals surface area contributed by atoms with Gasteiger partial charge in [-0.2, -0.15) is 0 Å². The highest BCUT2D eigenvalue weighted by Gasteiger charge is 2.20. The smallest absolute Gasteiger partial charge is 0.220 e. The zero-order chi connectivity index (χ0) is 43.5. The van der Waals surface area contributed by atoms with E-state index in [2.05, 4.69) is 92.1 Å². The molecular formula is C56H101NO3. The van der Waals surface area contributed by atoms with Crippen LogP contribution in [0.25, 0.3) is 0 Å². The molecule has 60 heavy (non-hydrogen) atoms. The molecule has 4 heteroatoms. The number of hydrogen-bond donors (Lipinski definition) is 3. The number of nitrogens with one attached hydrogen (secondary N) is 1. The van der Waals surface area contributed by atoms with Crippen LogP contribution >= 0.6 is 0 Å². The second-order valence-corrected chi connectivity index (χ2v) is 17.6. The molecule has 0 aliphatic rings. The Labute approximate surface area is 374 Å². The maximum absolute atomic E-state index is 12.4. The normalized spacial score (nSPS) is 13.5. The second kappa shape index (κ2) is 51.2. The molecule has 0 saturated heterocycles. The zero-order valence-corrected chi connectivity index (χ0v) is 40.0. The Hall–Kier alpha value is -2.17. The summed E-state index contributed by atoms with van der Waals surface area (Å²) >= 11 is 0.